The van der Waals surface area contributed by atoms with Crippen molar-refractivity contribution in [3.8, 4) is 0 Å². The van der Waals surface area contributed by atoms with E-state index in [0.29, 0.717) is 18.1 Å². The number of rotatable bonds is 1. The molecule has 3 aliphatic heterocycles. The first kappa shape index (κ1) is 13.0. The van der Waals surface area contributed by atoms with E-state index in [-0.39, 0.29) is 24.0 Å². The minimum absolute atomic E-state index is 0.129. The molecule has 3 N–H and O–H groups in total. The highest BCUT2D eigenvalue weighted by Crippen LogP contribution is 2.37. The zero-order valence-corrected chi connectivity index (χ0v) is 12.3. The first-order chi connectivity index (χ1) is 9.75. The highest BCUT2D eigenvalue weighted by atomic mass is 16.2. The van der Waals surface area contributed by atoms with Crippen molar-refractivity contribution in [3.05, 3.63) is 0 Å². The molecule has 5 nitrogen and oxygen atoms in total. The van der Waals surface area contributed by atoms with Crippen molar-refractivity contribution in [3.63, 3.8) is 0 Å². The van der Waals surface area contributed by atoms with E-state index in [9.17, 15) is 4.79 Å². The first-order valence-electron chi connectivity index (χ1n) is 8.30. The number of piperidine rings is 2. The van der Waals surface area contributed by atoms with E-state index in [2.05, 4.69) is 27.8 Å². The quantitative estimate of drug-likeness (QED) is 0.643. The lowest BCUT2D eigenvalue weighted by Gasteiger charge is -2.46. The number of nitrogens with one attached hydrogen (secondary N) is 3. The van der Waals surface area contributed by atoms with Crippen LogP contribution in [0, 0.1) is 11.8 Å². The Morgan fingerprint density at radius 2 is 1.85 bits per heavy atom. The smallest absolute Gasteiger partial charge is 0.226 e. The van der Waals surface area contributed by atoms with Crippen molar-refractivity contribution in [2.45, 2.75) is 63.4 Å². The van der Waals surface area contributed by atoms with Gasteiger partial charge in [0.1, 0.15) is 0 Å². The van der Waals surface area contributed by atoms with E-state index in [0.717, 1.165) is 32.4 Å². The van der Waals surface area contributed by atoms with Gasteiger partial charge in [0.25, 0.3) is 0 Å². The van der Waals surface area contributed by atoms with Crippen LogP contribution >= 0.6 is 0 Å². The zero-order chi connectivity index (χ0) is 13.7. The molecular weight excluding hydrogens is 252 g/mol. The molecule has 5 heteroatoms. The van der Waals surface area contributed by atoms with Crippen molar-refractivity contribution in [1.82, 2.24) is 20.9 Å². The molecule has 1 saturated carbocycles. The van der Waals surface area contributed by atoms with Crippen LogP contribution in [0.2, 0.25) is 0 Å². The summed E-state index contributed by atoms with van der Waals surface area (Å²) in [6.07, 6.45) is 6.44. The third-order valence-corrected chi connectivity index (χ3v) is 5.59. The SMILES string of the molecule is CC1CCNC2C1NC(=O)C1CCCNC1N2C1CC1. The monoisotopic (exact) mass is 278 g/mol. The van der Waals surface area contributed by atoms with Crippen molar-refractivity contribution in [2.75, 3.05) is 13.1 Å². The summed E-state index contributed by atoms with van der Waals surface area (Å²) >= 11 is 0. The summed E-state index contributed by atoms with van der Waals surface area (Å²) in [4.78, 5) is 15.2. The summed E-state index contributed by atoms with van der Waals surface area (Å²) in [5.41, 5.74) is 0. The van der Waals surface area contributed by atoms with Gasteiger partial charge in [0.05, 0.1) is 24.3 Å². The van der Waals surface area contributed by atoms with Crippen LogP contribution in [0.1, 0.15) is 39.0 Å². The fourth-order valence-corrected chi connectivity index (χ4v) is 4.32. The van der Waals surface area contributed by atoms with Crippen molar-refractivity contribution in [2.24, 2.45) is 11.8 Å². The van der Waals surface area contributed by atoms with E-state index >= 15 is 0 Å². The zero-order valence-electron chi connectivity index (χ0n) is 12.3. The Balaban J connectivity index is 1.69. The second kappa shape index (κ2) is 4.97. The van der Waals surface area contributed by atoms with Gasteiger partial charge in [-0.3, -0.25) is 15.0 Å². The molecule has 20 heavy (non-hydrogen) atoms. The Morgan fingerprint density at radius 3 is 2.65 bits per heavy atom. The molecule has 4 rings (SSSR count). The Labute approximate surface area is 120 Å². The summed E-state index contributed by atoms with van der Waals surface area (Å²) < 4.78 is 0. The number of fused-ring (bicyclic) bond motifs is 2. The number of hydrogen-bond acceptors (Lipinski definition) is 4. The standard InChI is InChI=1S/C15H26N4O/c1-9-6-8-17-14-12(9)18-15(20)11-3-2-7-16-13(11)19(14)10-4-5-10/h9-14,16-17H,2-8H2,1H3,(H,18,20). The molecule has 5 atom stereocenters. The maximum absolute atomic E-state index is 12.6. The van der Waals surface area contributed by atoms with Crippen LogP contribution in [0.15, 0.2) is 0 Å². The summed E-state index contributed by atoms with van der Waals surface area (Å²) in [5, 5.41) is 10.7. The van der Waals surface area contributed by atoms with Gasteiger partial charge in [-0.05, 0) is 51.1 Å². The number of amides is 1. The molecule has 1 amide bonds. The first-order valence-corrected chi connectivity index (χ1v) is 8.30. The molecule has 0 aromatic carbocycles. The van der Waals surface area contributed by atoms with Crippen LogP contribution in [0.4, 0.5) is 0 Å². The number of carbonyl (C=O) groups is 1. The Morgan fingerprint density at radius 1 is 1.05 bits per heavy atom. The van der Waals surface area contributed by atoms with E-state index in [1.54, 1.807) is 0 Å². The molecule has 0 aromatic rings. The number of hydrogen-bond donors (Lipinski definition) is 3. The summed E-state index contributed by atoms with van der Waals surface area (Å²) in [6, 6.07) is 0.940. The second-order valence-corrected chi connectivity index (χ2v) is 7.03. The lowest BCUT2D eigenvalue weighted by atomic mass is 9.91. The van der Waals surface area contributed by atoms with Crippen molar-refractivity contribution in [1.29, 1.82) is 0 Å². The van der Waals surface area contributed by atoms with Crippen LogP contribution < -0.4 is 16.0 Å². The molecule has 3 heterocycles. The van der Waals surface area contributed by atoms with Gasteiger partial charge in [0.15, 0.2) is 0 Å². The predicted octanol–water partition coefficient (Wildman–Crippen LogP) is 0.230. The third-order valence-electron chi connectivity index (χ3n) is 5.59. The second-order valence-electron chi connectivity index (χ2n) is 7.03. The van der Waals surface area contributed by atoms with Crippen LogP contribution in [0.5, 0.6) is 0 Å². The number of carbonyl (C=O) groups excluding carboxylic acids is 1. The summed E-state index contributed by atoms with van der Waals surface area (Å²) in [7, 11) is 0. The van der Waals surface area contributed by atoms with E-state index in [1.807, 2.05) is 0 Å². The van der Waals surface area contributed by atoms with Gasteiger partial charge in [-0.1, -0.05) is 6.92 Å². The third kappa shape index (κ3) is 2.07. The molecule has 3 saturated heterocycles. The molecule has 112 valence electrons. The molecule has 0 radical (unpaired) electrons. The van der Waals surface area contributed by atoms with Gasteiger partial charge in [-0.15, -0.1) is 0 Å². The van der Waals surface area contributed by atoms with Gasteiger partial charge >= 0.3 is 0 Å². The van der Waals surface area contributed by atoms with Gasteiger partial charge in [0.2, 0.25) is 5.91 Å². The summed E-state index contributed by atoms with van der Waals surface area (Å²) in [6.45, 7) is 4.40. The minimum Gasteiger partial charge on any atom is -0.350 e. The molecule has 1 aliphatic carbocycles. The van der Waals surface area contributed by atoms with Crippen LogP contribution in [0.3, 0.4) is 0 Å². The molecule has 5 unspecified atom stereocenters. The molecule has 0 spiro atoms. The van der Waals surface area contributed by atoms with Gasteiger partial charge < -0.3 is 10.6 Å². The van der Waals surface area contributed by atoms with Gasteiger partial charge in [0, 0.05) is 6.04 Å². The Bertz CT molecular complexity index is 397. The van der Waals surface area contributed by atoms with E-state index < -0.39 is 0 Å². The normalized spacial score (nSPS) is 46.0. The van der Waals surface area contributed by atoms with Gasteiger partial charge in [-0.2, -0.15) is 0 Å². The van der Waals surface area contributed by atoms with E-state index in [4.69, 9.17) is 0 Å². The topological polar surface area (TPSA) is 56.4 Å². The fraction of sp³-hybridized carbons (Fsp3) is 0.933. The molecule has 0 bridgehead atoms. The van der Waals surface area contributed by atoms with Crippen LogP contribution in [-0.2, 0) is 4.79 Å². The predicted molar refractivity (Wildman–Crippen MR) is 76.9 cm³/mol. The maximum Gasteiger partial charge on any atom is 0.226 e. The lowest BCUT2D eigenvalue weighted by molar-refractivity contribution is -0.127. The average molecular weight is 278 g/mol. The maximum atomic E-state index is 12.6. The Kier molecular flexibility index (Phi) is 3.24. The lowest BCUT2D eigenvalue weighted by Crippen LogP contribution is -2.66. The van der Waals surface area contributed by atoms with E-state index in [1.165, 1.54) is 12.8 Å². The average Bonchev–Trinajstić information content (AvgIpc) is 3.27. The molecule has 4 aliphatic rings. The number of nitrogens with zero attached hydrogens (tertiary/aromatic N) is 1. The van der Waals surface area contributed by atoms with Crippen molar-refractivity contribution < 1.29 is 4.79 Å². The van der Waals surface area contributed by atoms with Crippen molar-refractivity contribution >= 4 is 5.91 Å². The molecule has 0 aromatic heterocycles. The molecular formula is C15H26N4O. The van der Waals surface area contributed by atoms with Crippen LogP contribution in [0.25, 0.3) is 0 Å². The largest absolute Gasteiger partial charge is 0.350 e. The minimum atomic E-state index is 0.129. The van der Waals surface area contributed by atoms with Gasteiger partial charge in [-0.25, -0.2) is 0 Å². The summed E-state index contributed by atoms with van der Waals surface area (Å²) in [5.74, 6) is 0.964. The molecule has 4 fully saturated rings. The fourth-order valence-electron chi connectivity index (χ4n) is 4.32. The highest BCUT2D eigenvalue weighted by molar-refractivity contribution is 5.80. The Hall–Kier alpha value is -0.650. The highest BCUT2D eigenvalue weighted by Gasteiger charge is 2.51. The van der Waals surface area contributed by atoms with Crippen LogP contribution in [-0.4, -0.2) is 48.3 Å².